The molecule has 1 rings (SSSR count). The highest BCUT2D eigenvalue weighted by Gasteiger charge is 2.09. The maximum Gasteiger partial charge on any atom is 0.217 e. The molecule has 4 heteroatoms. The summed E-state index contributed by atoms with van der Waals surface area (Å²) in [5.74, 6) is -0.186. The average molecular weight is 227 g/mol. The van der Waals surface area contributed by atoms with E-state index in [1.54, 1.807) is 0 Å². The average Bonchev–Trinajstić information content (AvgIpc) is 2.74. The van der Waals surface area contributed by atoms with Gasteiger partial charge >= 0.3 is 0 Å². The van der Waals surface area contributed by atoms with Gasteiger partial charge in [-0.3, -0.25) is 4.79 Å². The summed E-state index contributed by atoms with van der Waals surface area (Å²) in [5.41, 5.74) is 5.06. The summed E-state index contributed by atoms with van der Waals surface area (Å²) in [4.78, 5) is 13.0. The molecule has 4 nitrogen and oxygen atoms in total. The molecule has 0 unspecified atom stereocenters. The van der Waals surface area contributed by atoms with Crippen LogP contribution in [0, 0.1) is 0 Å². The smallest absolute Gasteiger partial charge is 0.217 e. The number of unbranched alkanes of at least 4 members (excludes halogenated alkanes) is 1. The highest BCUT2D eigenvalue weighted by molar-refractivity contribution is 5.73. The summed E-state index contributed by atoms with van der Waals surface area (Å²) < 4.78 is 0. The number of carbonyl (C=O) groups excluding carboxylic acids is 1. The van der Waals surface area contributed by atoms with Crippen LogP contribution in [-0.4, -0.2) is 43.5 Å². The zero-order valence-electron chi connectivity index (χ0n) is 10.2. The van der Waals surface area contributed by atoms with E-state index in [2.05, 4.69) is 10.2 Å². The molecule has 1 aliphatic heterocycles. The minimum absolute atomic E-state index is 0.186. The molecule has 1 aliphatic rings. The lowest BCUT2D eigenvalue weighted by atomic mass is 10.2. The standard InChI is InChI=1S/C12H25N3O/c13-12(16)6-1-2-7-14-8-5-11-15-9-3-4-10-15/h14H,1-11H2,(H2,13,16). The number of hydrogen-bond acceptors (Lipinski definition) is 3. The molecular weight excluding hydrogens is 202 g/mol. The molecule has 0 bridgehead atoms. The largest absolute Gasteiger partial charge is 0.370 e. The monoisotopic (exact) mass is 227 g/mol. The van der Waals surface area contributed by atoms with Gasteiger partial charge in [0, 0.05) is 6.42 Å². The lowest BCUT2D eigenvalue weighted by molar-refractivity contribution is -0.118. The maximum atomic E-state index is 10.5. The van der Waals surface area contributed by atoms with Crippen LogP contribution in [0.25, 0.3) is 0 Å². The van der Waals surface area contributed by atoms with Crippen molar-refractivity contribution in [3.8, 4) is 0 Å². The van der Waals surface area contributed by atoms with E-state index < -0.39 is 0 Å². The van der Waals surface area contributed by atoms with Gasteiger partial charge in [-0.25, -0.2) is 0 Å². The van der Waals surface area contributed by atoms with Crippen molar-refractivity contribution in [3.05, 3.63) is 0 Å². The first-order chi connectivity index (χ1) is 7.79. The molecule has 0 aliphatic carbocycles. The van der Waals surface area contributed by atoms with Gasteiger partial charge in [-0.05, 0) is 64.8 Å². The number of hydrogen-bond donors (Lipinski definition) is 2. The Bertz CT molecular complexity index is 191. The fourth-order valence-corrected chi connectivity index (χ4v) is 2.11. The molecule has 3 N–H and O–H groups in total. The van der Waals surface area contributed by atoms with E-state index in [0.717, 1.165) is 25.9 Å². The molecular formula is C12H25N3O. The number of rotatable bonds is 9. The van der Waals surface area contributed by atoms with Crippen molar-refractivity contribution in [1.29, 1.82) is 0 Å². The number of amides is 1. The second-order valence-corrected chi connectivity index (χ2v) is 4.58. The van der Waals surface area contributed by atoms with E-state index in [0.29, 0.717) is 6.42 Å². The van der Waals surface area contributed by atoms with Crippen LogP contribution in [0.4, 0.5) is 0 Å². The van der Waals surface area contributed by atoms with Crippen molar-refractivity contribution in [2.24, 2.45) is 5.73 Å². The first-order valence-electron chi connectivity index (χ1n) is 6.50. The molecule has 0 saturated carbocycles. The number of nitrogens with two attached hydrogens (primary N) is 1. The maximum absolute atomic E-state index is 10.5. The minimum atomic E-state index is -0.186. The lowest BCUT2D eigenvalue weighted by Crippen LogP contribution is -2.25. The Morgan fingerprint density at radius 1 is 1.12 bits per heavy atom. The van der Waals surface area contributed by atoms with Gasteiger partial charge in [-0.15, -0.1) is 0 Å². The number of likely N-dealkylation sites (tertiary alicyclic amines) is 1. The zero-order chi connectivity index (χ0) is 11.6. The third kappa shape index (κ3) is 6.80. The summed E-state index contributed by atoms with van der Waals surface area (Å²) in [7, 11) is 0. The van der Waals surface area contributed by atoms with Gasteiger partial charge in [0.2, 0.25) is 5.91 Å². The SMILES string of the molecule is NC(=O)CCCCNCCCN1CCCC1. The fourth-order valence-electron chi connectivity index (χ4n) is 2.11. The van der Waals surface area contributed by atoms with E-state index >= 15 is 0 Å². The van der Waals surface area contributed by atoms with Crippen LogP contribution in [0.2, 0.25) is 0 Å². The topological polar surface area (TPSA) is 58.4 Å². The van der Waals surface area contributed by atoms with Crippen molar-refractivity contribution in [2.45, 2.75) is 38.5 Å². The summed E-state index contributed by atoms with van der Waals surface area (Å²) in [6.07, 6.45) is 6.47. The zero-order valence-corrected chi connectivity index (χ0v) is 10.2. The Hall–Kier alpha value is -0.610. The van der Waals surface area contributed by atoms with Crippen molar-refractivity contribution >= 4 is 5.91 Å². The number of primary amides is 1. The molecule has 1 heterocycles. The van der Waals surface area contributed by atoms with E-state index in [1.165, 1.54) is 38.9 Å². The predicted molar refractivity (Wildman–Crippen MR) is 66.2 cm³/mol. The third-order valence-electron chi connectivity index (χ3n) is 3.05. The Kier molecular flexibility index (Phi) is 7.17. The molecule has 0 atom stereocenters. The molecule has 1 amide bonds. The summed E-state index contributed by atoms with van der Waals surface area (Å²) >= 11 is 0. The van der Waals surface area contributed by atoms with Crippen LogP contribution in [0.1, 0.15) is 38.5 Å². The fraction of sp³-hybridized carbons (Fsp3) is 0.917. The van der Waals surface area contributed by atoms with Crippen LogP contribution in [-0.2, 0) is 4.79 Å². The predicted octanol–water partition coefficient (Wildman–Crippen LogP) is 0.717. The Morgan fingerprint density at radius 3 is 2.50 bits per heavy atom. The van der Waals surface area contributed by atoms with Crippen LogP contribution in [0.15, 0.2) is 0 Å². The van der Waals surface area contributed by atoms with Crippen molar-refractivity contribution in [3.63, 3.8) is 0 Å². The van der Waals surface area contributed by atoms with Crippen molar-refractivity contribution in [2.75, 3.05) is 32.7 Å². The molecule has 1 saturated heterocycles. The van der Waals surface area contributed by atoms with Crippen LogP contribution >= 0.6 is 0 Å². The molecule has 0 radical (unpaired) electrons. The number of nitrogens with zero attached hydrogens (tertiary/aromatic N) is 1. The quantitative estimate of drug-likeness (QED) is 0.571. The van der Waals surface area contributed by atoms with Gasteiger partial charge in [0.05, 0.1) is 0 Å². The Balaban J connectivity index is 1.76. The number of carbonyl (C=O) groups is 1. The van der Waals surface area contributed by atoms with Crippen LogP contribution < -0.4 is 11.1 Å². The number of nitrogens with one attached hydrogen (secondary N) is 1. The summed E-state index contributed by atoms with van der Waals surface area (Å²) in [5, 5.41) is 3.40. The Labute approximate surface area is 98.6 Å². The van der Waals surface area contributed by atoms with E-state index in [-0.39, 0.29) is 5.91 Å². The third-order valence-corrected chi connectivity index (χ3v) is 3.05. The van der Waals surface area contributed by atoms with Crippen molar-refractivity contribution in [1.82, 2.24) is 10.2 Å². The van der Waals surface area contributed by atoms with E-state index in [1.807, 2.05) is 0 Å². The highest BCUT2D eigenvalue weighted by Crippen LogP contribution is 2.06. The molecule has 0 aromatic rings. The first kappa shape index (κ1) is 13.5. The molecule has 94 valence electrons. The Morgan fingerprint density at radius 2 is 1.81 bits per heavy atom. The van der Waals surface area contributed by atoms with Gasteiger partial charge in [0.25, 0.3) is 0 Å². The summed E-state index contributed by atoms with van der Waals surface area (Å²) in [6.45, 7) is 5.91. The second-order valence-electron chi connectivity index (χ2n) is 4.58. The second kappa shape index (κ2) is 8.53. The molecule has 16 heavy (non-hydrogen) atoms. The van der Waals surface area contributed by atoms with Gasteiger partial charge < -0.3 is 16.0 Å². The lowest BCUT2D eigenvalue weighted by Gasteiger charge is -2.14. The van der Waals surface area contributed by atoms with Crippen molar-refractivity contribution < 1.29 is 4.79 Å². The van der Waals surface area contributed by atoms with Gasteiger partial charge in [-0.2, -0.15) is 0 Å². The van der Waals surface area contributed by atoms with E-state index in [4.69, 9.17) is 5.73 Å². The normalized spacial score (nSPS) is 16.8. The first-order valence-corrected chi connectivity index (χ1v) is 6.50. The van der Waals surface area contributed by atoms with Crippen LogP contribution in [0.3, 0.4) is 0 Å². The summed E-state index contributed by atoms with van der Waals surface area (Å²) in [6, 6.07) is 0. The van der Waals surface area contributed by atoms with Crippen LogP contribution in [0.5, 0.6) is 0 Å². The molecule has 0 aromatic carbocycles. The highest BCUT2D eigenvalue weighted by atomic mass is 16.1. The van der Waals surface area contributed by atoms with Gasteiger partial charge in [0.1, 0.15) is 0 Å². The van der Waals surface area contributed by atoms with E-state index in [9.17, 15) is 4.79 Å². The molecule has 0 spiro atoms. The van der Waals surface area contributed by atoms with Gasteiger partial charge in [-0.1, -0.05) is 0 Å². The molecule has 0 aromatic heterocycles. The minimum Gasteiger partial charge on any atom is -0.370 e. The molecule has 1 fully saturated rings. The van der Waals surface area contributed by atoms with Gasteiger partial charge in [0.15, 0.2) is 0 Å².